The van der Waals surface area contributed by atoms with Crippen molar-refractivity contribution in [2.45, 2.75) is 53.1 Å². The van der Waals surface area contributed by atoms with Gasteiger partial charge in [-0.05, 0) is 32.3 Å². The van der Waals surface area contributed by atoms with E-state index in [1.165, 1.54) is 0 Å². The van der Waals surface area contributed by atoms with Crippen molar-refractivity contribution < 1.29 is 23.8 Å². The maximum absolute atomic E-state index is 13.4. The molecule has 1 N–H and O–H groups in total. The van der Waals surface area contributed by atoms with Crippen LogP contribution >= 0.6 is 0 Å². The van der Waals surface area contributed by atoms with Crippen LogP contribution in [0.15, 0.2) is 41.2 Å². The summed E-state index contributed by atoms with van der Waals surface area (Å²) in [4.78, 5) is 26.5. The number of hydrogen-bond acceptors (Lipinski definition) is 6. The highest BCUT2D eigenvalue weighted by Crippen LogP contribution is 2.50. The van der Waals surface area contributed by atoms with Crippen molar-refractivity contribution in [3.05, 3.63) is 46.8 Å². The maximum Gasteiger partial charge on any atom is 0.336 e. The predicted molar refractivity (Wildman–Crippen MR) is 114 cm³/mol. The summed E-state index contributed by atoms with van der Waals surface area (Å²) < 4.78 is 16.7. The van der Waals surface area contributed by atoms with Crippen molar-refractivity contribution in [2.24, 2.45) is 11.3 Å². The lowest BCUT2D eigenvalue weighted by molar-refractivity contribution is -0.143. The van der Waals surface area contributed by atoms with E-state index in [2.05, 4.69) is 11.4 Å². The fraction of sp³-hybridized carbons (Fsp3) is 0.500. The number of ether oxygens (including phenoxy) is 3. The van der Waals surface area contributed by atoms with Gasteiger partial charge in [0.1, 0.15) is 5.78 Å². The summed E-state index contributed by atoms with van der Waals surface area (Å²) in [5.41, 5.74) is 2.44. The molecule has 1 aromatic carbocycles. The summed E-state index contributed by atoms with van der Waals surface area (Å²) in [6.45, 7) is 9.55. The first-order chi connectivity index (χ1) is 14.1. The zero-order chi connectivity index (χ0) is 22.2. The largest absolute Gasteiger partial charge is 0.493 e. The number of Topliss-reactive ketones (excluding diaryl/α,β-unsaturated/α-hetero) is 1. The van der Waals surface area contributed by atoms with Crippen LogP contribution in [0.25, 0.3) is 0 Å². The monoisotopic (exact) mass is 413 g/mol. The molecule has 0 aromatic heterocycles. The fourth-order valence-corrected chi connectivity index (χ4v) is 4.51. The van der Waals surface area contributed by atoms with Gasteiger partial charge in [-0.2, -0.15) is 0 Å². The predicted octanol–water partition coefficient (Wildman–Crippen LogP) is 4.12. The molecule has 1 aliphatic carbocycles. The molecule has 0 saturated carbocycles. The van der Waals surface area contributed by atoms with Gasteiger partial charge < -0.3 is 19.5 Å². The van der Waals surface area contributed by atoms with Gasteiger partial charge in [0, 0.05) is 29.3 Å². The Balaban J connectivity index is 2.27. The average molecular weight is 414 g/mol. The number of carbonyl (C=O) groups excluding carboxylic acids is 2. The second-order valence-electron chi connectivity index (χ2n) is 8.89. The second kappa shape index (κ2) is 8.17. The Labute approximate surface area is 178 Å². The first-order valence-corrected chi connectivity index (χ1v) is 10.2. The SMILES string of the molecule is COc1cccc(C2C(C(=O)OC(C)C)=C(C)NC3=CC(C)(C)CC(=O)C32)c1OC. The summed E-state index contributed by atoms with van der Waals surface area (Å²) in [5.74, 6) is -0.318. The third-order valence-corrected chi connectivity index (χ3v) is 5.57. The van der Waals surface area contributed by atoms with Crippen molar-refractivity contribution in [2.75, 3.05) is 14.2 Å². The van der Waals surface area contributed by atoms with Crippen molar-refractivity contribution in [1.29, 1.82) is 0 Å². The van der Waals surface area contributed by atoms with E-state index in [1.54, 1.807) is 20.3 Å². The molecule has 1 aromatic rings. The molecule has 0 saturated heterocycles. The number of ketones is 1. The van der Waals surface area contributed by atoms with Crippen molar-refractivity contribution in [3.8, 4) is 11.5 Å². The van der Waals surface area contributed by atoms with E-state index in [-0.39, 0.29) is 17.3 Å². The maximum atomic E-state index is 13.4. The lowest BCUT2D eigenvalue weighted by Crippen LogP contribution is -2.43. The molecule has 2 aliphatic rings. The first-order valence-electron chi connectivity index (χ1n) is 10.2. The van der Waals surface area contributed by atoms with Crippen molar-refractivity contribution >= 4 is 11.8 Å². The van der Waals surface area contributed by atoms with Crippen LogP contribution in [-0.4, -0.2) is 32.1 Å². The minimum atomic E-state index is -0.530. The van der Waals surface area contributed by atoms with Crippen LogP contribution in [-0.2, 0) is 14.3 Å². The van der Waals surface area contributed by atoms with Crippen LogP contribution < -0.4 is 14.8 Å². The van der Waals surface area contributed by atoms with Crippen LogP contribution in [0.2, 0.25) is 0 Å². The minimum absolute atomic E-state index is 0.0854. The molecule has 2 atom stereocenters. The van der Waals surface area contributed by atoms with E-state index < -0.39 is 17.8 Å². The van der Waals surface area contributed by atoms with Gasteiger partial charge in [0.15, 0.2) is 11.5 Å². The molecule has 0 spiro atoms. The van der Waals surface area contributed by atoms with Crippen molar-refractivity contribution in [1.82, 2.24) is 5.32 Å². The lowest BCUT2D eigenvalue weighted by atomic mass is 9.66. The van der Waals surface area contributed by atoms with Crippen LogP contribution in [0.5, 0.6) is 11.5 Å². The number of rotatable bonds is 5. The highest BCUT2D eigenvalue weighted by Gasteiger charge is 2.47. The summed E-state index contributed by atoms with van der Waals surface area (Å²) in [6, 6.07) is 5.53. The molecular formula is C24H31NO5. The Morgan fingerprint density at radius 3 is 2.47 bits per heavy atom. The highest BCUT2D eigenvalue weighted by atomic mass is 16.5. The average Bonchev–Trinajstić information content (AvgIpc) is 2.64. The van der Waals surface area contributed by atoms with Crippen LogP contribution in [0, 0.1) is 11.3 Å². The molecule has 0 amide bonds. The number of esters is 1. The molecule has 0 bridgehead atoms. The topological polar surface area (TPSA) is 73.9 Å². The fourth-order valence-electron chi connectivity index (χ4n) is 4.51. The standard InChI is InChI=1S/C24H31NO5/c1-13(2)30-23(27)19-14(3)25-16-11-24(4,5)12-17(26)21(16)20(19)15-9-8-10-18(28-6)22(15)29-7/h8-11,13,20-21,25H,12H2,1-7H3. The molecule has 2 unspecified atom stereocenters. The number of allylic oxidation sites excluding steroid dienone is 3. The molecule has 0 fully saturated rings. The molecule has 0 radical (unpaired) electrons. The van der Waals surface area contributed by atoms with Gasteiger partial charge in [-0.3, -0.25) is 4.79 Å². The Morgan fingerprint density at radius 2 is 1.87 bits per heavy atom. The normalized spacial score (nSPS) is 22.8. The van der Waals surface area contributed by atoms with Gasteiger partial charge in [-0.15, -0.1) is 0 Å². The lowest BCUT2D eigenvalue weighted by Gasteiger charge is -2.41. The number of fused-ring (bicyclic) bond motifs is 1. The molecule has 1 aliphatic heterocycles. The van der Waals surface area contributed by atoms with Gasteiger partial charge in [0.25, 0.3) is 0 Å². The third-order valence-electron chi connectivity index (χ3n) is 5.57. The first kappa shape index (κ1) is 21.9. The number of carbonyl (C=O) groups is 2. The van der Waals surface area contributed by atoms with Gasteiger partial charge in [-0.25, -0.2) is 4.79 Å². The second-order valence-corrected chi connectivity index (χ2v) is 8.89. The van der Waals surface area contributed by atoms with Gasteiger partial charge >= 0.3 is 5.97 Å². The van der Waals surface area contributed by atoms with Crippen LogP contribution in [0.4, 0.5) is 0 Å². The summed E-state index contributed by atoms with van der Waals surface area (Å²) in [5, 5.41) is 3.32. The molecule has 30 heavy (non-hydrogen) atoms. The van der Waals surface area contributed by atoms with Crippen LogP contribution in [0.3, 0.4) is 0 Å². The Hall–Kier alpha value is -2.76. The van der Waals surface area contributed by atoms with Gasteiger partial charge in [0.2, 0.25) is 0 Å². The van der Waals surface area contributed by atoms with Crippen molar-refractivity contribution in [3.63, 3.8) is 0 Å². The number of benzene rings is 1. The van der Waals surface area contributed by atoms with E-state index >= 15 is 0 Å². The molecule has 6 heteroatoms. The summed E-state index contributed by atoms with van der Waals surface area (Å²) in [7, 11) is 3.13. The van der Waals surface area contributed by atoms with E-state index in [4.69, 9.17) is 14.2 Å². The Kier molecular flexibility index (Phi) is 5.97. The van der Waals surface area contributed by atoms with E-state index in [9.17, 15) is 9.59 Å². The van der Waals surface area contributed by atoms with E-state index in [0.29, 0.717) is 29.2 Å². The molecule has 6 nitrogen and oxygen atoms in total. The number of methoxy groups -OCH3 is 2. The molecule has 162 valence electrons. The zero-order valence-electron chi connectivity index (χ0n) is 18.8. The summed E-state index contributed by atoms with van der Waals surface area (Å²) >= 11 is 0. The molecule has 3 rings (SSSR count). The van der Waals surface area contributed by atoms with E-state index in [0.717, 1.165) is 11.3 Å². The number of nitrogens with one attached hydrogen (secondary N) is 1. The smallest absolute Gasteiger partial charge is 0.336 e. The number of hydrogen-bond donors (Lipinski definition) is 1. The van der Waals surface area contributed by atoms with Gasteiger partial charge in [0.05, 0.1) is 31.8 Å². The number of para-hydroxylation sites is 1. The van der Waals surface area contributed by atoms with E-state index in [1.807, 2.05) is 46.8 Å². The summed E-state index contributed by atoms with van der Waals surface area (Å²) in [6.07, 6.45) is 2.23. The Morgan fingerprint density at radius 1 is 1.17 bits per heavy atom. The molecule has 1 heterocycles. The zero-order valence-corrected chi connectivity index (χ0v) is 18.8. The Bertz CT molecular complexity index is 926. The molecular weight excluding hydrogens is 382 g/mol. The van der Waals surface area contributed by atoms with Crippen LogP contribution in [0.1, 0.15) is 52.5 Å². The third kappa shape index (κ3) is 3.95. The quantitative estimate of drug-likeness (QED) is 0.732. The minimum Gasteiger partial charge on any atom is -0.493 e. The highest BCUT2D eigenvalue weighted by molar-refractivity contribution is 5.96. The van der Waals surface area contributed by atoms with Gasteiger partial charge in [-0.1, -0.05) is 32.1 Å².